The Kier molecular flexibility index (Phi) is 5.63. The van der Waals surface area contributed by atoms with Gasteiger partial charge in [0, 0.05) is 44.4 Å². The van der Waals surface area contributed by atoms with Gasteiger partial charge in [-0.2, -0.15) is 0 Å². The van der Waals surface area contributed by atoms with E-state index in [0.717, 1.165) is 19.6 Å². The highest BCUT2D eigenvalue weighted by Gasteiger charge is 2.23. The number of piperazine rings is 1. The molecule has 3 rings (SSSR count). The number of aryl methyl sites for hydroxylation is 1. The molecule has 136 valence electrons. The standard InChI is InChI=1S/C20H23N3O3/c1-16-6-2-3-8-18(16)15-21-10-12-22(13-11-21)20(24)14-17-7-4-5-9-19(17)23(25)26/h2-9H,10-15H2,1H3. The second kappa shape index (κ2) is 8.10. The summed E-state index contributed by atoms with van der Waals surface area (Å²) in [5.74, 6) is -0.0464. The maximum absolute atomic E-state index is 12.5. The number of benzene rings is 2. The molecule has 0 radical (unpaired) electrons. The van der Waals surface area contributed by atoms with Crippen molar-refractivity contribution in [2.45, 2.75) is 19.9 Å². The lowest BCUT2D eigenvalue weighted by Gasteiger charge is -2.35. The van der Waals surface area contributed by atoms with Crippen LogP contribution in [0.25, 0.3) is 0 Å². The first-order chi connectivity index (χ1) is 12.5. The maximum atomic E-state index is 12.5. The molecule has 0 atom stereocenters. The third kappa shape index (κ3) is 4.26. The number of rotatable bonds is 5. The molecule has 0 aromatic heterocycles. The number of hydrogen-bond acceptors (Lipinski definition) is 4. The zero-order valence-electron chi connectivity index (χ0n) is 14.9. The molecule has 2 aromatic rings. The Morgan fingerprint density at radius 1 is 1.00 bits per heavy atom. The summed E-state index contributed by atoms with van der Waals surface area (Å²) in [5, 5.41) is 11.1. The summed E-state index contributed by atoms with van der Waals surface area (Å²) in [6.07, 6.45) is 0.0783. The highest BCUT2D eigenvalue weighted by Crippen LogP contribution is 2.19. The minimum atomic E-state index is -0.428. The van der Waals surface area contributed by atoms with Gasteiger partial charge in [-0.25, -0.2) is 0 Å². The van der Waals surface area contributed by atoms with Gasteiger partial charge in [0.05, 0.1) is 11.3 Å². The van der Waals surface area contributed by atoms with Gasteiger partial charge < -0.3 is 4.90 Å². The molecule has 2 aromatic carbocycles. The van der Waals surface area contributed by atoms with Crippen molar-refractivity contribution in [2.75, 3.05) is 26.2 Å². The number of nitro benzene ring substituents is 1. The van der Waals surface area contributed by atoms with Crippen LogP contribution in [0.3, 0.4) is 0 Å². The summed E-state index contributed by atoms with van der Waals surface area (Å²) in [5.41, 5.74) is 3.08. The summed E-state index contributed by atoms with van der Waals surface area (Å²) in [6, 6.07) is 14.8. The molecular weight excluding hydrogens is 330 g/mol. The molecule has 1 fully saturated rings. The van der Waals surface area contributed by atoms with Crippen molar-refractivity contribution < 1.29 is 9.72 Å². The van der Waals surface area contributed by atoms with Gasteiger partial charge in [-0.05, 0) is 18.1 Å². The van der Waals surface area contributed by atoms with Crippen molar-refractivity contribution in [3.63, 3.8) is 0 Å². The third-order valence-corrected chi connectivity index (χ3v) is 4.91. The van der Waals surface area contributed by atoms with E-state index in [1.165, 1.54) is 17.2 Å². The SMILES string of the molecule is Cc1ccccc1CN1CCN(C(=O)Cc2ccccc2[N+](=O)[O-])CC1. The van der Waals surface area contributed by atoms with Crippen LogP contribution in [0.1, 0.15) is 16.7 Å². The second-order valence-electron chi connectivity index (χ2n) is 6.65. The fourth-order valence-corrected chi connectivity index (χ4v) is 3.30. The number of hydrogen-bond donors (Lipinski definition) is 0. The van der Waals surface area contributed by atoms with Crippen molar-refractivity contribution >= 4 is 11.6 Å². The van der Waals surface area contributed by atoms with Gasteiger partial charge in [0.15, 0.2) is 0 Å². The van der Waals surface area contributed by atoms with Crippen LogP contribution in [0.2, 0.25) is 0 Å². The normalized spacial score (nSPS) is 15.0. The summed E-state index contributed by atoms with van der Waals surface area (Å²) in [7, 11) is 0. The van der Waals surface area contributed by atoms with E-state index in [1.54, 1.807) is 18.2 Å². The molecule has 1 aliphatic rings. The van der Waals surface area contributed by atoms with E-state index >= 15 is 0 Å². The average Bonchev–Trinajstić information content (AvgIpc) is 2.64. The average molecular weight is 353 g/mol. The van der Waals surface area contributed by atoms with Crippen molar-refractivity contribution in [1.82, 2.24) is 9.80 Å². The summed E-state index contributed by atoms with van der Waals surface area (Å²) in [4.78, 5) is 27.4. The smallest absolute Gasteiger partial charge is 0.273 e. The minimum Gasteiger partial charge on any atom is -0.340 e. The van der Waals surface area contributed by atoms with Crippen LogP contribution < -0.4 is 0 Å². The second-order valence-corrected chi connectivity index (χ2v) is 6.65. The van der Waals surface area contributed by atoms with E-state index in [0.29, 0.717) is 18.7 Å². The minimum absolute atomic E-state index is 0.0130. The molecule has 0 unspecified atom stereocenters. The molecule has 0 bridgehead atoms. The third-order valence-electron chi connectivity index (χ3n) is 4.91. The van der Waals surface area contributed by atoms with E-state index in [9.17, 15) is 14.9 Å². The van der Waals surface area contributed by atoms with Crippen LogP contribution in [0.15, 0.2) is 48.5 Å². The topological polar surface area (TPSA) is 66.7 Å². The molecule has 0 aliphatic carbocycles. The van der Waals surface area contributed by atoms with E-state index < -0.39 is 4.92 Å². The monoisotopic (exact) mass is 353 g/mol. The van der Waals surface area contributed by atoms with Crippen molar-refractivity contribution in [3.05, 3.63) is 75.3 Å². The number of carbonyl (C=O) groups excluding carboxylic acids is 1. The molecule has 26 heavy (non-hydrogen) atoms. The molecule has 1 saturated heterocycles. The Bertz CT molecular complexity index is 798. The zero-order valence-corrected chi connectivity index (χ0v) is 14.9. The number of carbonyl (C=O) groups is 1. The molecule has 1 amide bonds. The molecule has 1 aliphatic heterocycles. The first kappa shape index (κ1) is 18.1. The van der Waals surface area contributed by atoms with Crippen LogP contribution in [0.5, 0.6) is 0 Å². The first-order valence-electron chi connectivity index (χ1n) is 8.81. The lowest BCUT2D eigenvalue weighted by atomic mass is 10.1. The number of nitrogens with zero attached hydrogens (tertiary/aromatic N) is 3. The van der Waals surface area contributed by atoms with E-state index in [-0.39, 0.29) is 18.0 Å². The molecule has 1 heterocycles. The van der Waals surface area contributed by atoms with Crippen LogP contribution in [0, 0.1) is 17.0 Å². The summed E-state index contributed by atoms with van der Waals surface area (Å²) >= 11 is 0. The Morgan fingerprint density at radius 3 is 2.27 bits per heavy atom. The van der Waals surface area contributed by atoms with Gasteiger partial charge in [-0.3, -0.25) is 19.8 Å². The largest absolute Gasteiger partial charge is 0.340 e. The maximum Gasteiger partial charge on any atom is 0.273 e. The Hall–Kier alpha value is -2.73. The van der Waals surface area contributed by atoms with Crippen molar-refractivity contribution in [2.24, 2.45) is 0 Å². The molecule has 0 spiro atoms. The van der Waals surface area contributed by atoms with Crippen LogP contribution in [0.4, 0.5) is 5.69 Å². The van der Waals surface area contributed by atoms with Gasteiger partial charge in [0.1, 0.15) is 0 Å². The van der Waals surface area contributed by atoms with Crippen LogP contribution in [-0.4, -0.2) is 46.8 Å². The van der Waals surface area contributed by atoms with Crippen molar-refractivity contribution in [1.29, 1.82) is 0 Å². The lowest BCUT2D eigenvalue weighted by Crippen LogP contribution is -2.48. The summed E-state index contributed by atoms with van der Waals surface area (Å²) in [6.45, 7) is 5.95. The van der Waals surface area contributed by atoms with E-state index in [2.05, 4.69) is 30.0 Å². The van der Waals surface area contributed by atoms with Crippen LogP contribution >= 0.6 is 0 Å². The van der Waals surface area contributed by atoms with Gasteiger partial charge >= 0.3 is 0 Å². The van der Waals surface area contributed by atoms with Crippen LogP contribution in [-0.2, 0) is 17.8 Å². The molecular formula is C20H23N3O3. The molecule has 0 N–H and O–H groups in total. The predicted molar refractivity (Wildman–Crippen MR) is 99.8 cm³/mol. The predicted octanol–water partition coefficient (Wildman–Crippen LogP) is 2.79. The van der Waals surface area contributed by atoms with Gasteiger partial charge in [0.25, 0.3) is 5.69 Å². The fraction of sp³-hybridized carbons (Fsp3) is 0.350. The van der Waals surface area contributed by atoms with E-state index in [4.69, 9.17) is 0 Å². The highest BCUT2D eigenvalue weighted by molar-refractivity contribution is 5.80. The number of amides is 1. The van der Waals surface area contributed by atoms with Crippen molar-refractivity contribution in [3.8, 4) is 0 Å². The molecule has 0 saturated carbocycles. The zero-order chi connectivity index (χ0) is 18.5. The fourth-order valence-electron chi connectivity index (χ4n) is 3.30. The molecule has 6 heteroatoms. The first-order valence-corrected chi connectivity index (χ1v) is 8.81. The summed E-state index contributed by atoms with van der Waals surface area (Å²) < 4.78 is 0. The number of nitro groups is 1. The van der Waals surface area contributed by atoms with Gasteiger partial charge in [0.2, 0.25) is 5.91 Å². The van der Waals surface area contributed by atoms with Gasteiger partial charge in [-0.1, -0.05) is 42.5 Å². The highest BCUT2D eigenvalue weighted by atomic mass is 16.6. The Labute approximate surface area is 153 Å². The lowest BCUT2D eigenvalue weighted by molar-refractivity contribution is -0.385. The Balaban J connectivity index is 1.56. The van der Waals surface area contributed by atoms with E-state index in [1.807, 2.05) is 11.0 Å². The van der Waals surface area contributed by atoms with Gasteiger partial charge in [-0.15, -0.1) is 0 Å². The number of para-hydroxylation sites is 1. The molecule has 6 nitrogen and oxygen atoms in total. The Morgan fingerprint density at radius 2 is 1.62 bits per heavy atom. The quantitative estimate of drug-likeness (QED) is 0.612.